The van der Waals surface area contributed by atoms with Gasteiger partial charge < -0.3 is 10.5 Å². The predicted octanol–water partition coefficient (Wildman–Crippen LogP) is 2.35. The molecule has 2 aromatic rings. The van der Waals surface area contributed by atoms with Crippen molar-refractivity contribution in [2.24, 2.45) is 0 Å². The first-order valence-electron chi connectivity index (χ1n) is 6.37. The van der Waals surface area contributed by atoms with Crippen molar-refractivity contribution in [1.29, 1.82) is 0 Å². The fraction of sp³-hybridized carbons (Fsp3) is 0.143. The fourth-order valence-electron chi connectivity index (χ4n) is 1.65. The van der Waals surface area contributed by atoms with Crippen molar-refractivity contribution in [3.05, 3.63) is 64.0 Å². The molecule has 0 aliphatic heterocycles. The van der Waals surface area contributed by atoms with Gasteiger partial charge in [0.15, 0.2) is 6.20 Å². The Kier molecular flexibility index (Phi) is 4.95. The molecule has 8 heteroatoms. The molecule has 1 unspecified atom stereocenters. The average molecular weight is 319 g/mol. The third-order valence-electron chi connectivity index (χ3n) is 2.80. The number of anilines is 1. The molecule has 0 fully saturated rings. The minimum absolute atomic E-state index is 0.0443. The Morgan fingerprint density at radius 2 is 1.95 bits per heavy atom. The van der Waals surface area contributed by atoms with E-state index in [0.29, 0.717) is 15.4 Å². The second-order valence-electron chi connectivity index (χ2n) is 4.42. The van der Waals surface area contributed by atoms with Crippen LogP contribution in [-0.2, 0) is 4.79 Å². The number of rotatable bonds is 5. The molecular weight excluding hydrogens is 306 g/mol. The van der Waals surface area contributed by atoms with Crippen molar-refractivity contribution in [3.63, 3.8) is 0 Å². The first-order chi connectivity index (χ1) is 10.5. The number of benzene rings is 1. The maximum absolute atomic E-state index is 12.1. The highest BCUT2D eigenvalue weighted by Gasteiger charge is 2.19. The van der Waals surface area contributed by atoms with Crippen molar-refractivity contribution >= 4 is 29.0 Å². The van der Waals surface area contributed by atoms with Gasteiger partial charge >= 0.3 is 0 Å². The molecule has 1 atom stereocenters. The van der Waals surface area contributed by atoms with Crippen LogP contribution in [0.1, 0.15) is 6.92 Å². The average Bonchev–Trinajstić information content (AvgIpc) is 2.50. The molecular formula is C14H13N3O4S. The third kappa shape index (κ3) is 3.95. The normalized spacial score (nSPS) is 11.7. The highest BCUT2D eigenvalue weighted by atomic mass is 32.2. The van der Waals surface area contributed by atoms with E-state index in [9.17, 15) is 20.1 Å². The zero-order chi connectivity index (χ0) is 16.1. The molecule has 1 heterocycles. The van der Waals surface area contributed by atoms with Crippen LogP contribution in [0.15, 0.2) is 53.7 Å². The SMILES string of the molecule is CC(Sc1cccc[n+]1[O-])C(=O)Nc1ccc([N+](=O)[O-])cc1. The van der Waals surface area contributed by atoms with Gasteiger partial charge in [-0.05, 0) is 36.9 Å². The number of hydrogen-bond donors (Lipinski definition) is 1. The number of carbonyl (C=O) groups is 1. The van der Waals surface area contributed by atoms with Crippen molar-refractivity contribution in [1.82, 2.24) is 0 Å². The highest BCUT2D eigenvalue weighted by molar-refractivity contribution is 8.00. The summed E-state index contributed by atoms with van der Waals surface area (Å²) in [6.45, 7) is 1.68. The van der Waals surface area contributed by atoms with Crippen LogP contribution >= 0.6 is 11.8 Å². The summed E-state index contributed by atoms with van der Waals surface area (Å²) in [5, 5.41) is 24.7. The molecule has 0 radical (unpaired) electrons. The van der Waals surface area contributed by atoms with Crippen LogP contribution in [0.4, 0.5) is 11.4 Å². The summed E-state index contributed by atoms with van der Waals surface area (Å²) in [4.78, 5) is 22.1. The minimum atomic E-state index is -0.507. The van der Waals surface area contributed by atoms with E-state index in [4.69, 9.17) is 0 Å². The molecule has 114 valence electrons. The molecule has 0 saturated carbocycles. The van der Waals surface area contributed by atoms with Crippen molar-refractivity contribution < 1.29 is 14.4 Å². The highest BCUT2D eigenvalue weighted by Crippen LogP contribution is 2.21. The quantitative estimate of drug-likeness (QED) is 0.300. The Hall–Kier alpha value is -2.61. The minimum Gasteiger partial charge on any atom is -0.618 e. The standard InChI is InChI=1S/C14H13N3O4S/c1-10(22-13-4-2-3-9-16(13)19)14(18)15-11-5-7-12(8-6-11)17(20)21/h2-10H,1H3,(H,15,18). The van der Waals surface area contributed by atoms with Crippen LogP contribution in [0.2, 0.25) is 0 Å². The number of non-ortho nitro benzene ring substituents is 1. The van der Waals surface area contributed by atoms with Gasteiger partial charge in [-0.15, -0.1) is 0 Å². The summed E-state index contributed by atoms with van der Waals surface area (Å²) >= 11 is 1.14. The maximum atomic E-state index is 12.1. The number of nitro benzene ring substituents is 1. The van der Waals surface area contributed by atoms with E-state index < -0.39 is 10.2 Å². The Balaban J connectivity index is 1.99. The summed E-state index contributed by atoms with van der Waals surface area (Å²) in [5.41, 5.74) is 0.420. The van der Waals surface area contributed by atoms with Gasteiger partial charge in [0.05, 0.1) is 10.2 Å². The van der Waals surface area contributed by atoms with Gasteiger partial charge in [0.2, 0.25) is 5.91 Å². The number of carbonyl (C=O) groups excluding carboxylic acids is 1. The Bertz CT molecular complexity index is 691. The lowest BCUT2D eigenvalue weighted by Crippen LogP contribution is -2.30. The molecule has 0 saturated heterocycles. The van der Waals surface area contributed by atoms with Gasteiger partial charge in [-0.25, -0.2) is 0 Å². The number of hydrogen-bond acceptors (Lipinski definition) is 5. The number of amides is 1. The second-order valence-corrected chi connectivity index (χ2v) is 5.78. The van der Waals surface area contributed by atoms with E-state index in [2.05, 4.69) is 5.32 Å². The van der Waals surface area contributed by atoms with Crippen molar-refractivity contribution in [3.8, 4) is 0 Å². The van der Waals surface area contributed by atoms with Gasteiger partial charge in [-0.3, -0.25) is 14.9 Å². The monoisotopic (exact) mass is 319 g/mol. The van der Waals surface area contributed by atoms with Gasteiger partial charge in [0.1, 0.15) is 0 Å². The zero-order valence-corrected chi connectivity index (χ0v) is 12.4. The molecule has 0 bridgehead atoms. The number of nitrogens with zero attached hydrogens (tertiary/aromatic N) is 2. The van der Waals surface area contributed by atoms with Crippen LogP contribution in [0.3, 0.4) is 0 Å². The second kappa shape index (κ2) is 6.90. The molecule has 1 aromatic carbocycles. The van der Waals surface area contributed by atoms with E-state index in [1.807, 2.05) is 0 Å². The summed E-state index contributed by atoms with van der Waals surface area (Å²) in [5.74, 6) is -0.289. The predicted molar refractivity (Wildman–Crippen MR) is 82.4 cm³/mol. The number of nitro groups is 1. The molecule has 2 rings (SSSR count). The van der Waals surface area contributed by atoms with Crippen LogP contribution < -0.4 is 10.0 Å². The van der Waals surface area contributed by atoms with Crippen LogP contribution in [0.25, 0.3) is 0 Å². The van der Waals surface area contributed by atoms with E-state index >= 15 is 0 Å². The summed E-state index contributed by atoms with van der Waals surface area (Å²) in [7, 11) is 0. The number of aromatic nitrogens is 1. The summed E-state index contributed by atoms with van der Waals surface area (Å²) < 4.78 is 0.695. The molecule has 1 aromatic heterocycles. The van der Waals surface area contributed by atoms with E-state index in [-0.39, 0.29) is 11.6 Å². The van der Waals surface area contributed by atoms with Gasteiger partial charge in [-0.1, -0.05) is 0 Å². The molecule has 0 spiro atoms. The molecule has 0 aliphatic carbocycles. The first kappa shape index (κ1) is 15.8. The van der Waals surface area contributed by atoms with E-state index in [1.165, 1.54) is 30.5 Å². The Morgan fingerprint density at radius 1 is 1.27 bits per heavy atom. The molecule has 1 N–H and O–H groups in total. The molecule has 0 aliphatic rings. The van der Waals surface area contributed by atoms with Crippen molar-refractivity contribution in [2.75, 3.05) is 5.32 Å². The maximum Gasteiger partial charge on any atom is 0.269 e. The number of thioether (sulfide) groups is 1. The van der Waals surface area contributed by atoms with Crippen LogP contribution in [0.5, 0.6) is 0 Å². The Morgan fingerprint density at radius 3 is 2.55 bits per heavy atom. The lowest BCUT2D eigenvalue weighted by atomic mass is 10.3. The lowest BCUT2D eigenvalue weighted by Gasteiger charge is -2.11. The molecule has 7 nitrogen and oxygen atoms in total. The van der Waals surface area contributed by atoms with Crippen LogP contribution in [-0.4, -0.2) is 16.1 Å². The fourth-order valence-corrected chi connectivity index (χ4v) is 2.50. The third-order valence-corrected chi connectivity index (χ3v) is 3.93. The zero-order valence-electron chi connectivity index (χ0n) is 11.6. The van der Waals surface area contributed by atoms with E-state index in [1.54, 1.807) is 25.1 Å². The summed E-state index contributed by atoms with van der Waals surface area (Å²) in [6, 6.07) is 10.5. The Labute approximate surface area is 130 Å². The van der Waals surface area contributed by atoms with Gasteiger partial charge in [-0.2, -0.15) is 4.73 Å². The molecule has 22 heavy (non-hydrogen) atoms. The first-order valence-corrected chi connectivity index (χ1v) is 7.25. The number of nitrogens with one attached hydrogen (secondary N) is 1. The number of pyridine rings is 1. The molecule has 1 amide bonds. The topological polar surface area (TPSA) is 99.2 Å². The smallest absolute Gasteiger partial charge is 0.269 e. The largest absolute Gasteiger partial charge is 0.618 e. The van der Waals surface area contributed by atoms with Crippen LogP contribution in [0, 0.1) is 15.3 Å². The summed E-state index contributed by atoms with van der Waals surface area (Å²) in [6.07, 6.45) is 1.36. The van der Waals surface area contributed by atoms with Gasteiger partial charge in [0, 0.05) is 30.0 Å². The van der Waals surface area contributed by atoms with Crippen molar-refractivity contribution in [2.45, 2.75) is 17.2 Å². The van der Waals surface area contributed by atoms with Gasteiger partial charge in [0.25, 0.3) is 10.7 Å². The lowest BCUT2D eigenvalue weighted by molar-refractivity contribution is -0.645. The van der Waals surface area contributed by atoms with E-state index in [0.717, 1.165) is 11.8 Å².